The number of aliphatic carboxylic acids is 1. The molecule has 118 valence electrons. The summed E-state index contributed by atoms with van der Waals surface area (Å²) in [7, 11) is 0. The van der Waals surface area contributed by atoms with Gasteiger partial charge in [0.15, 0.2) is 11.6 Å². The molecule has 2 N–H and O–H groups in total. The molecular weight excluding hydrogens is 318 g/mol. The Morgan fingerprint density at radius 2 is 2.09 bits per heavy atom. The van der Waals surface area contributed by atoms with Gasteiger partial charge in [0, 0.05) is 17.3 Å². The number of nitrogens with zero attached hydrogens (tertiary/aromatic N) is 2. The van der Waals surface area contributed by atoms with Crippen LogP contribution in [0.1, 0.15) is 16.2 Å². The van der Waals surface area contributed by atoms with E-state index in [2.05, 4.69) is 10.3 Å². The first-order chi connectivity index (χ1) is 11.0. The predicted octanol–water partition coefficient (Wildman–Crippen LogP) is 2.42. The molecule has 0 saturated carbocycles. The zero-order chi connectivity index (χ0) is 16.4. The zero-order valence-corrected chi connectivity index (χ0v) is 13.0. The van der Waals surface area contributed by atoms with Crippen molar-refractivity contribution in [2.45, 2.75) is 6.92 Å². The van der Waals surface area contributed by atoms with E-state index in [1.54, 1.807) is 41.8 Å². The first-order valence-electron chi connectivity index (χ1n) is 6.73. The van der Waals surface area contributed by atoms with Crippen molar-refractivity contribution in [3.8, 4) is 5.75 Å². The van der Waals surface area contributed by atoms with E-state index in [0.29, 0.717) is 22.8 Å². The maximum absolute atomic E-state index is 12.4. The van der Waals surface area contributed by atoms with E-state index in [4.69, 9.17) is 9.84 Å². The lowest BCUT2D eigenvalue weighted by atomic mass is 10.2. The second-order valence-electron chi connectivity index (χ2n) is 4.76. The standard InChI is InChI=1S/C15H13N3O4S/c1-9-13(18-6-7-23-15(18)16-9)14(21)17-10-2-4-11(5-3-10)22-8-12(19)20/h2-7H,8H2,1H3,(H,17,21)(H,19,20). The minimum atomic E-state index is -1.04. The van der Waals surface area contributed by atoms with Crippen LogP contribution in [0.4, 0.5) is 5.69 Å². The molecule has 0 saturated heterocycles. The van der Waals surface area contributed by atoms with Crippen LogP contribution in [-0.2, 0) is 4.79 Å². The Labute approximate surface area is 135 Å². The maximum atomic E-state index is 12.4. The van der Waals surface area contributed by atoms with Crippen LogP contribution in [0.5, 0.6) is 5.75 Å². The second kappa shape index (κ2) is 6.09. The third-order valence-corrected chi connectivity index (χ3v) is 3.88. The van der Waals surface area contributed by atoms with Crippen molar-refractivity contribution >= 4 is 33.9 Å². The number of thiazole rings is 1. The highest BCUT2D eigenvalue weighted by Gasteiger charge is 2.17. The Hall–Kier alpha value is -2.87. The number of carbonyl (C=O) groups excluding carboxylic acids is 1. The third-order valence-electron chi connectivity index (χ3n) is 3.13. The molecule has 0 spiro atoms. The number of aromatic nitrogens is 2. The monoisotopic (exact) mass is 331 g/mol. The summed E-state index contributed by atoms with van der Waals surface area (Å²) in [6.07, 6.45) is 1.80. The topological polar surface area (TPSA) is 92.9 Å². The molecule has 2 heterocycles. The molecule has 0 aliphatic rings. The highest BCUT2D eigenvalue weighted by atomic mass is 32.1. The van der Waals surface area contributed by atoms with Gasteiger partial charge in [-0.2, -0.15) is 0 Å². The highest BCUT2D eigenvalue weighted by molar-refractivity contribution is 7.15. The molecule has 8 heteroatoms. The van der Waals surface area contributed by atoms with Gasteiger partial charge in [0.25, 0.3) is 5.91 Å². The smallest absolute Gasteiger partial charge is 0.341 e. The van der Waals surface area contributed by atoms with E-state index >= 15 is 0 Å². The Kier molecular flexibility index (Phi) is 3.98. The van der Waals surface area contributed by atoms with Gasteiger partial charge in [-0.15, -0.1) is 11.3 Å². The van der Waals surface area contributed by atoms with Crippen molar-refractivity contribution in [1.29, 1.82) is 0 Å². The largest absolute Gasteiger partial charge is 0.482 e. The van der Waals surface area contributed by atoms with Crippen LogP contribution in [-0.4, -0.2) is 33.0 Å². The van der Waals surface area contributed by atoms with Crippen LogP contribution in [0.25, 0.3) is 4.96 Å². The van der Waals surface area contributed by atoms with Gasteiger partial charge in [0.2, 0.25) is 0 Å². The number of rotatable bonds is 5. The average Bonchev–Trinajstić information content (AvgIpc) is 3.06. The van der Waals surface area contributed by atoms with E-state index < -0.39 is 12.6 Å². The average molecular weight is 331 g/mol. The third kappa shape index (κ3) is 3.16. The minimum Gasteiger partial charge on any atom is -0.482 e. The molecule has 0 radical (unpaired) electrons. The number of carbonyl (C=O) groups is 2. The number of amides is 1. The van der Waals surface area contributed by atoms with Gasteiger partial charge in [0.1, 0.15) is 11.4 Å². The van der Waals surface area contributed by atoms with E-state index in [0.717, 1.165) is 4.96 Å². The molecule has 0 atom stereocenters. The number of aryl methyl sites for hydroxylation is 1. The second-order valence-corrected chi connectivity index (χ2v) is 5.64. The number of ether oxygens (including phenoxy) is 1. The summed E-state index contributed by atoms with van der Waals surface area (Å²) in [4.78, 5) is 28.0. The highest BCUT2D eigenvalue weighted by Crippen LogP contribution is 2.20. The fourth-order valence-electron chi connectivity index (χ4n) is 2.14. The molecule has 3 rings (SSSR count). The number of hydrogen-bond donors (Lipinski definition) is 2. The number of fused-ring (bicyclic) bond motifs is 1. The summed E-state index contributed by atoms with van der Waals surface area (Å²) in [5.74, 6) is -0.878. The molecule has 3 aromatic rings. The molecule has 2 aromatic heterocycles. The van der Waals surface area contributed by atoms with Crippen molar-refractivity contribution in [2.75, 3.05) is 11.9 Å². The van der Waals surface area contributed by atoms with Gasteiger partial charge in [-0.25, -0.2) is 9.78 Å². The van der Waals surface area contributed by atoms with Crippen LogP contribution in [0.3, 0.4) is 0 Å². The number of anilines is 1. The molecule has 23 heavy (non-hydrogen) atoms. The van der Waals surface area contributed by atoms with Gasteiger partial charge in [-0.05, 0) is 31.2 Å². The van der Waals surface area contributed by atoms with Crippen molar-refractivity contribution < 1.29 is 19.4 Å². The fourth-order valence-corrected chi connectivity index (χ4v) is 2.90. The SMILES string of the molecule is Cc1nc2sccn2c1C(=O)Nc1ccc(OCC(=O)O)cc1. The summed E-state index contributed by atoms with van der Waals surface area (Å²) in [5, 5.41) is 13.2. The van der Waals surface area contributed by atoms with Crippen LogP contribution >= 0.6 is 11.3 Å². The minimum absolute atomic E-state index is 0.257. The lowest BCUT2D eigenvalue weighted by Crippen LogP contribution is -2.15. The lowest BCUT2D eigenvalue weighted by Gasteiger charge is -2.07. The van der Waals surface area contributed by atoms with Gasteiger partial charge in [-0.1, -0.05) is 0 Å². The summed E-state index contributed by atoms with van der Waals surface area (Å²) in [5.41, 5.74) is 1.74. The van der Waals surface area contributed by atoms with Crippen molar-refractivity contribution in [3.05, 3.63) is 47.2 Å². The van der Waals surface area contributed by atoms with Crippen LogP contribution < -0.4 is 10.1 Å². The summed E-state index contributed by atoms with van der Waals surface area (Å²) < 4.78 is 6.79. The van der Waals surface area contributed by atoms with Crippen LogP contribution in [0.15, 0.2) is 35.8 Å². The van der Waals surface area contributed by atoms with E-state index in [1.165, 1.54) is 11.3 Å². The Morgan fingerprint density at radius 1 is 1.35 bits per heavy atom. The molecule has 1 aromatic carbocycles. The van der Waals surface area contributed by atoms with E-state index in [9.17, 15) is 9.59 Å². The number of carboxylic acid groups (broad SMARTS) is 1. The molecule has 1 amide bonds. The van der Waals surface area contributed by atoms with Crippen molar-refractivity contribution in [3.63, 3.8) is 0 Å². The molecular formula is C15H13N3O4S. The van der Waals surface area contributed by atoms with Crippen LogP contribution in [0, 0.1) is 6.92 Å². The normalized spacial score (nSPS) is 10.7. The van der Waals surface area contributed by atoms with Gasteiger partial charge < -0.3 is 15.2 Å². The predicted molar refractivity (Wildman–Crippen MR) is 85.3 cm³/mol. The Balaban J connectivity index is 1.74. The van der Waals surface area contributed by atoms with Gasteiger partial charge in [-0.3, -0.25) is 9.20 Å². The molecule has 0 unspecified atom stereocenters. The van der Waals surface area contributed by atoms with Gasteiger partial charge in [0.05, 0.1) is 5.69 Å². The first-order valence-corrected chi connectivity index (χ1v) is 7.61. The molecule has 0 fully saturated rings. The molecule has 0 aliphatic carbocycles. The number of benzene rings is 1. The molecule has 7 nitrogen and oxygen atoms in total. The Morgan fingerprint density at radius 3 is 2.78 bits per heavy atom. The number of hydrogen-bond acceptors (Lipinski definition) is 5. The molecule has 0 bridgehead atoms. The van der Waals surface area contributed by atoms with Crippen molar-refractivity contribution in [2.24, 2.45) is 0 Å². The zero-order valence-electron chi connectivity index (χ0n) is 12.1. The number of carboxylic acids is 1. The maximum Gasteiger partial charge on any atom is 0.341 e. The fraction of sp³-hybridized carbons (Fsp3) is 0.133. The summed E-state index contributed by atoms with van der Waals surface area (Å²) in [6, 6.07) is 6.50. The van der Waals surface area contributed by atoms with Crippen molar-refractivity contribution in [1.82, 2.24) is 9.38 Å². The molecule has 0 aliphatic heterocycles. The summed E-state index contributed by atoms with van der Waals surface area (Å²) >= 11 is 1.46. The lowest BCUT2D eigenvalue weighted by molar-refractivity contribution is -0.139. The van der Waals surface area contributed by atoms with E-state index in [-0.39, 0.29) is 5.91 Å². The van der Waals surface area contributed by atoms with Crippen LogP contribution in [0.2, 0.25) is 0 Å². The number of imidazole rings is 1. The Bertz CT molecular complexity index is 867. The van der Waals surface area contributed by atoms with Gasteiger partial charge >= 0.3 is 5.97 Å². The first kappa shape index (κ1) is 15.0. The quantitative estimate of drug-likeness (QED) is 0.749. The van der Waals surface area contributed by atoms with E-state index in [1.807, 2.05) is 5.38 Å². The number of nitrogens with one attached hydrogen (secondary N) is 1. The summed E-state index contributed by atoms with van der Waals surface area (Å²) in [6.45, 7) is 1.38.